The Morgan fingerprint density at radius 3 is 2.85 bits per heavy atom. The molecule has 110 valence electrons. The van der Waals surface area contributed by atoms with Crippen LogP contribution in [0.15, 0.2) is 29.4 Å². The predicted molar refractivity (Wildman–Crippen MR) is 75.9 cm³/mol. The van der Waals surface area contributed by atoms with Crippen molar-refractivity contribution in [2.24, 2.45) is 0 Å². The van der Waals surface area contributed by atoms with E-state index in [0.29, 0.717) is 12.3 Å². The molecule has 0 aliphatic carbocycles. The van der Waals surface area contributed by atoms with Crippen molar-refractivity contribution >= 4 is 21.5 Å². The van der Waals surface area contributed by atoms with Crippen LogP contribution in [0.4, 0.5) is 5.82 Å². The minimum atomic E-state index is -3.75. The monoisotopic (exact) mass is 298 g/mol. The second-order valence-electron chi connectivity index (χ2n) is 4.56. The first-order chi connectivity index (χ1) is 9.39. The Balaban J connectivity index is 2.54. The molecule has 2 heterocycles. The summed E-state index contributed by atoms with van der Waals surface area (Å²) in [5.74, 6) is -0.00679. The Bertz CT molecular complexity index is 711. The van der Waals surface area contributed by atoms with Crippen molar-refractivity contribution in [1.29, 1.82) is 0 Å². The lowest BCUT2D eigenvalue weighted by Crippen LogP contribution is -2.38. The predicted octanol–water partition coefficient (Wildman–Crippen LogP) is 0.572. The maximum absolute atomic E-state index is 12.7. The summed E-state index contributed by atoms with van der Waals surface area (Å²) in [4.78, 5) is 4.07. The van der Waals surface area contributed by atoms with Gasteiger partial charge < -0.3 is 10.5 Å². The molecular weight excluding hydrogens is 280 g/mol. The number of hydrogen-bond donors (Lipinski definition) is 1. The summed E-state index contributed by atoms with van der Waals surface area (Å²) in [7, 11) is -0.717. The number of hydrogen-bond acceptors (Lipinski definition) is 5. The molecule has 2 rings (SSSR count). The van der Waals surface area contributed by atoms with Crippen molar-refractivity contribution in [2.45, 2.75) is 18.0 Å². The fraction of sp³-hybridized carbons (Fsp3) is 0.417. The number of sulfonamides is 1. The largest absolute Gasteiger partial charge is 0.383 e. The van der Waals surface area contributed by atoms with Crippen LogP contribution < -0.4 is 5.73 Å². The smallest absolute Gasteiger partial charge is 0.262 e. The first-order valence-corrected chi connectivity index (χ1v) is 7.53. The van der Waals surface area contributed by atoms with Crippen LogP contribution in [-0.2, 0) is 14.8 Å². The summed E-state index contributed by atoms with van der Waals surface area (Å²) >= 11 is 0. The van der Waals surface area contributed by atoms with Crippen LogP contribution in [0.25, 0.3) is 5.65 Å². The number of fused-ring (bicyclic) bond motifs is 1. The summed E-state index contributed by atoms with van der Waals surface area (Å²) in [5, 5.41) is -0.0152. The average Bonchev–Trinajstić information content (AvgIpc) is 2.74. The molecule has 0 fully saturated rings. The quantitative estimate of drug-likeness (QED) is 0.871. The second kappa shape index (κ2) is 5.39. The number of aromatic nitrogens is 2. The summed E-state index contributed by atoms with van der Waals surface area (Å²) in [5.41, 5.74) is 6.28. The van der Waals surface area contributed by atoms with E-state index in [1.54, 1.807) is 31.3 Å². The highest BCUT2D eigenvalue weighted by atomic mass is 32.2. The van der Waals surface area contributed by atoms with E-state index in [2.05, 4.69) is 4.98 Å². The molecule has 2 N–H and O–H groups in total. The minimum absolute atomic E-state index is 0.00679. The number of anilines is 1. The molecule has 2 aromatic heterocycles. The average molecular weight is 298 g/mol. The van der Waals surface area contributed by atoms with Gasteiger partial charge in [0.25, 0.3) is 10.0 Å². The van der Waals surface area contributed by atoms with E-state index in [0.717, 1.165) is 0 Å². The molecule has 0 aliphatic rings. The molecule has 0 aromatic carbocycles. The van der Waals surface area contributed by atoms with Crippen molar-refractivity contribution in [3.63, 3.8) is 0 Å². The first-order valence-electron chi connectivity index (χ1n) is 6.09. The maximum atomic E-state index is 12.7. The zero-order valence-corrected chi connectivity index (χ0v) is 12.5. The Labute approximate surface area is 118 Å². The van der Waals surface area contributed by atoms with Gasteiger partial charge in [0.15, 0.2) is 10.8 Å². The SMILES string of the molecule is COCC(C)N(C)S(=O)(=O)c1c(N)nc2ccccn12. The third-order valence-corrected chi connectivity index (χ3v) is 5.18. The number of rotatable bonds is 5. The van der Waals surface area contributed by atoms with Gasteiger partial charge in [0.1, 0.15) is 5.65 Å². The molecule has 0 spiro atoms. The van der Waals surface area contributed by atoms with Gasteiger partial charge in [0.05, 0.1) is 6.61 Å². The van der Waals surface area contributed by atoms with Crippen molar-refractivity contribution in [3.05, 3.63) is 24.4 Å². The Hall–Kier alpha value is -1.64. The summed E-state index contributed by atoms with van der Waals surface area (Å²) in [6.45, 7) is 2.06. The number of nitrogen functional groups attached to an aromatic ring is 1. The third kappa shape index (κ3) is 2.37. The second-order valence-corrected chi connectivity index (χ2v) is 6.47. The van der Waals surface area contributed by atoms with E-state index in [1.165, 1.54) is 22.9 Å². The van der Waals surface area contributed by atoms with Crippen LogP contribution in [-0.4, -0.2) is 48.9 Å². The number of nitrogens with zero attached hydrogens (tertiary/aromatic N) is 3. The molecule has 0 amide bonds. The van der Waals surface area contributed by atoms with Gasteiger partial charge in [-0.3, -0.25) is 4.40 Å². The minimum Gasteiger partial charge on any atom is -0.383 e. The molecule has 1 unspecified atom stereocenters. The maximum Gasteiger partial charge on any atom is 0.262 e. The summed E-state index contributed by atoms with van der Waals surface area (Å²) in [6.07, 6.45) is 1.63. The number of nitrogens with two attached hydrogens (primary N) is 1. The lowest BCUT2D eigenvalue weighted by Gasteiger charge is -2.23. The van der Waals surface area contributed by atoms with Crippen molar-refractivity contribution in [1.82, 2.24) is 13.7 Å². The van der Waals surface area contributed by atoms with Gasteiger partial charge in [-0.05, 0) is 19.1 Å². The van der Waals surface area contributed by atoms with Gasteiger partial charge in [0, 0.05) is 26.4 Å². The molecule has 8 heteroatoms. The van der Waals surface area contributed by atoms with Crippen LogP contribution in [0.1, 0.15) is 6.92 Å². The molecule has 7 nitrogen and oxygen atoms in total. The van der Waals surface area contributed by atoms with Gasteiger partial charge in [-0.15, -0.1) is 0 Å². The fourth-order valence-electron chi connectivity index (χ4n) is 1.97. The topological polar surface area (TPSA) is 89.9 Å². The number of ether oxygens (including phenoxy) is 1. The van der Waals surface area contributed by atoms with Gasteiger partial charge >= 0.3 is 0 Å². The standard InChI is InChI=1S/C12H18N4O3S/c1-9(8-19-3)15(2)20(17,18)12-11(13)14-10-6-4-5-7-16(10)12/h4-7,9H,8,13H2,1-3H3. The van der Waals surface area contributed by atoms with Gasteiger partial charge in [-0.25, -0.2) is 13.4 Å². The van der Waals surface area contributed by atoms with Crippen molar-refractivity contribution < 1.29 is 13.2 Å². The number of imidazole rings is 1. The fourth-order valence-corrected chi connectivity index (χ4v) is 3.49. The molecule has 0 saturated heterocycles. The summed E-state index contributed by atoms with van der Waals surface area (Å²) < 4.78 is 33.1. The molecule has 0 saturated carbocycles. The molecule has 0 bridgehead atoms. The number of pyridine rings is 1. The number of likely N-dealkylation sites (N-methyl/N-ethyl adjacent to an activating group) is 1. The Kier molecular flexibility index (Phi) is 3.98. The highest BCUT2D eigenvalue weighted by molar-refractivity contribution is 7.89. The molecule has 20 heavy (non-hydrogen) atoms. The molecule has 2 aromatic rings. The summed E-state index contributed by atoms with van der Waals surface area (Å²) in [6, 6.07) is 4.90. The van der Waals surface area contributed by atoms with Crippen LogP contribution >= 0.6 is 0 Å². The first kappa shape index (κ1) is 14.8. The van der Waals surface area contributed by atoms with Gasteiger partial charge in [-0.1, -0.05) is 6.07 Å². The normalized spacial score (nSPS) is 14.0. The van der Waals surface area contributed by atoms with E-state index < -0.39 is 10.0 Å². The highest BCUT2D eigenvalue weighted by Crippen LogP contribution is 2.24. The highest BCUT2D eigenvalue weighted by Gasteiger charge is 2.31. The zero-order valence-electron chi connectivity index (χ0n) is 11.6. The van der Waals surface area contributed by atoms with E-state index in [1.807, 2.05) is 0 Å². The third-order valence-electron chi connectivity index (χ3n) is 3.16. The molecular formula is C12H18N4O3S. The van der Waals surface area contributed by atoms with Crippen molar-refractivity contribution in [3.8, 4) is 0 Å². The lowest BCUT2D eigenvalue weighted by atomic mass is 10.4. The Morgan fingerprint density at radius 2 is 2.20 bits per heavy atom. The Morgan fingerprint density at radius 1 is 1.50 bits per heavy atom. The van der Waals surface area contributed by atoms with E-state index in [-0.39, 0.29) is 16.9 Å². The van der Waals surface area contributed by atoms with Crippen LogP contribution in [0.2, 0.25) is 0 Å². The van der Waals surface area contributed by atoms with Crippen LogP contribution in [0, 0.1) is 0 Å². The van der Waals surface area contributed by atoms with Crippen LogP contribution in [0.5, 0.6) is 0 Å². The lowest BCUT2D eigenvalue weighted by molar-refractivity contribution is 0.149. The van der Waals surface area contributed by atoms with Gasteiger partial charge in [-0.2, -0.15) is 4.31 Å². The number of methoxy groups -OCH3 is 1. The van der Waals surface area contributed by atoms with E-state index in [4.69, 9.17) is 10.5 Å². The van der Waals surface area contributed by atoms with Crippen LogP contribution in [0.3, 0.4) is 0 Å². The van der Waals surface area contributed by atoms with E-state index >= 15 is 0 Å². The molecule has 0 aliphatic heterocycles. The van der Waals surface area contributed by atoms with E-state index in [9.17, 15) is 8.42 Å². The molecule has 0 radical (unpaired) electrons. The molecule has 1 atom stereocenters. The zero-order chi connectivity index (χ0) is 14.9. The van der Waals surface area contributed by atoms with Crippen molar-refractivity contribution in [2.75, 3.05) is 26.5 Å². The van der Waals surface area contributed by atoms with Gasteiger partial charge in [0.2, 0.25) is 0 Å².